The van der Waals surface area contributed by atoms with Crippen LogP contribution in [0.3, 0.4) is 0 Å². The monoisotopic (exact) mass is 357 g/mol. The summed E-state index contributed by atoms with van der Waals surface area (Å²) in [6.07, 6.45) is 3.08. The SMILES string of the molecule is CC(C)COC1(OCC(C)C)C[C@H](N2C(=O)C=CC2=O)c2ccccc21. The Bertz CT molecular complexity index is 692. The summed E-state index contributed by atoms with van der Waals surface area (Å²) in [6, 6.07) is 7.43. The first-order chi connectivity index (χ1) is 12.3. The highest BCUT2D eigenvalue weighted by molar-refractivity contribution is 6.13. The lowest BCUT2D eigenvalue weighted by Gasteiger charge is -2.33. The highest BCUT2D eigenvalue weighted by Gasteiger charge is 2.50. The van der Waals surface area contributed by atoms with Crippen LogP contribution in [0.4, 0.5) is 0 Å². The molecule has 1 aromatic carbocycles. The van der Waals surface area contributed by atoms with Crippen molar-refractivity contribution < 1.29 is 19.1 Å². The molecule has 26 heavy (non-hydrogen) atoms. The van der Waals surface area contributed by atoms with E-state index in [1.807, 2.05) is 24.3 Å². The summed E-state index contributed by atoms with van der Waals surface area (Å²) < 4.78 is 12.6. The number of fused-ring (bicyclic) bond motifs is 1. The van der Waals surface area contributed by atoms with E-state index in [1.165, 1.54) is 17.1 Å². The molecular weight excluding hydrogens is 330 g/mol. The van der Waals surface area contributed by atoms with Gasteiger partial charge in [-0.15, -0.1) is 0 Å². The lowest BCUT2D eigenvalue weighted by Crippen LogP contribution is -2.37. The van der Waals surface area contributed by atoms with Crippen LogP contribution >= 0.6 is 0 Å². The predicted molar refractivity (Wildman–Crippen MR) is 98.1 cm³/mol. The predicted octanol–water partition coefficient (Wildman–Crippen LogP) is 3.55. The van der Waals surface area contributed by atoms with Crippen LogP contribution in [0.2, 0.25) is 0 Å². The largest absolute Gasteiger partial charge is 0.345 e. The van der Waals surface area contributed by atoms with Gasteiger partial charge in [-0.1, -0.05) is 52.0 Å². The summed E-state index contributed by atoms with van der Waals surface area (Å²) in [5.41, 5.74) is 1.84. The second-order valence-electron chi connectivity index (χ2n) is 7.85. The number of hydrogen-bond acceptors (Lipinski definition) is 4. The Labute approximate surface area is 155 Å². The molecule has 5 heteroatoms. The van der Waals surface area contributed by atoms with E-state index in [0.717, 1.165) is 11.1 Å². The van der Waals surface area contributed by atoms with E-state index in [-0.39, 0.29) is 17.9 Å². The van der Waals surface area contributed by atoms with Gasteiger partial charge >= 0.3 is 0 Å². The third kappa shape index (κ3) is 3.46. The summed E-state index contributed by atoms with van der Waals surface area (Å²) in [5, 5.41) is 0. The van der Waals surface area contributed by atoms with E-state index in [4.69, 9.17) is 9.47 Å². The van der Waals surface area contributed by atoms with E-state index in [2.05, 4.69) is 27.7 Å². The molecule has 5 nitrogen and oxygen atoms in total. The number of ether oxygens (including phenoxy) is 2. The molecule has 0 fully saturated rings. The van der Waals surface area contributed by atoms with Gasteiger partial charge in [0, 0.05) is 24.1 Å². The van der Waals surface area contributed by atoms with Gasteiger partial charge in [0.2, 0.25) is 0 Å². The smallest absolute Gasteiger partial charge is 0.254 e. The number of hydrogen-bond donors (Lipinski definition) is 0. The second kappa shape index (κ2) is 7.33. The molecule has 2 amide bonds. The van der Waals surface area contributed by atoms with Crippen molar-refractivity contribution in [2.24, 2.45) is 11.8 Å². The Morgan fingerprint density at radius 1 is 1.00 bits per heavy atom. The molecule has 1 atom stereocenters. The summed E-state index contributed by atoms with van der Waals surface area (Å²) in [7, 11) is 0. The number of nitrogens with zero attached hydrogens (tertiary/aromatic N) is 1. The molecule has 1 aliphatic heterocycles. The van der Waals surface area contributed by atoms with Crippen LogP contribution in [0.1, 0.15) is 51.3 Å². The Morgan fingerprint density at radius 2 is 1.54 bits per heavy atom. The summed E-state index contributed by atoms with van der Waals surface area (Å²) in [5.74, 6) is -0.801. The molecule has 0 saturated heterocycles. The first-order valence-electron chi connectivity index (χ1n) is 9.26. The standard InChI is InChI=1S/C21H27NO4/c1-14(2)12-25-21(26-13-15(3)4)11-18(16-7-5-6-8-17(16)21)22-19(23)9-10-20(22)24/h5-10,14-15,18H,11-13H2,1-4H3/t18-/m0/s1. The van der Waals surface area contributed by atoms with Crippen molar-refractivity contribution in [3.63, 3.8) is 0 Å². The van der Waals surface area contributed by atoms with Crippen molar-refractivity contribution in [3.05, 3.63) is 47.5 Å². The highest BCUT2D eigenvalue weighted by atomic mass is 16.7. The van der Waals surface area contributed by atoms with Crippen LogP contribution in [0.15, 0.2) is 36.4 Å². The van der Waals surface area contributed by atoms with Crippen LogP contribution in [0, 0.1) is 11.8 Å². The first-order valence-corrected chi connectivity index (χ1v) is 9.26. The first kappa shape index (κ1) is 18.8. The van der Waals surface area contributed by atoms with E-state index in [0.29, 0.717) is 31.5 Å². The zero-order valence-electron chi connectivity index (χ0n) is 15.9. The third-order valence-corrected chi connectivity index (χ3v) is 4.65. The molecule has 0 radical (unpaired) electrons. The van der Waals surface area contributed by atoms with Gasteiger partial charge in [0.1, 0.15) is 0 Å². The zero-order valence-corrected chi connectivity index (χ0v) is 15.9. The minimum absolute atomic E-state index is 0.279. The molecule has 2 aliphatic rings. The van der Waals surface area contributed by atoms with Crippen molar-refractivity contribution in [2.75, 3.05) is 13.2 Å². The van der Waals surface area contributed by atoms with Crippen molar-refractivity contribution in [1.82, 2.24) is 4.90 Å². The molecule has 0 saturated carbocycles. The maximum Gasteiger partial charge on any atom is 0.254 e. The maximum absolute atomic E-state index is 12.3. The Hall–Kier alpha value is -1.98. The van der Waals surface area contributed by atoms with Gasteiger partial charge in [0.15, 0.2) is 5.79 Å². The van der Waals surface area contributed by atoms with Gasteiger partial charge in [0.25, 0.3) is 11.8 Å². The van der Waals surface area contributed by atoms with E-state index >= 15 is 0 Å². The number of rotatable bonds is 7. The number of benzene rings is 1. The molecule has 1 aliphatic carbocycles. The fraction of sp³-hybridized carbons (Fsp3) is 0.524. The van der Waals surface area contributed by atoms with E-state index in [9.17, 15) is 9.59 Å². The van der Waals surface area contributed by atoms with Crippen LogP contribution in [-0.2, 0) is 24.8 Å². The normalized spacial score (nSPS) is 21.3. The molecule has 0 spiro atoms. The average Bonchev–Trinajstić information content (AvgIpc) is 3.09. The van der Waals surface area contributed by atoms with Crippen LogP contribution in [0.25, 0.3) is 0 Å². The van der Waals surface area contributed by atoms with Gasteiger partial charge in [0.05, 0.1) is 19.3 Å². The Kier molecular flexibility index (Phi) is 5.30. The maximum atomic E-state index is 12.3. The summed E-state index contributed by atoms with van der Waals surface area (Å²) in [4.78, 5) is 25.8. The lowest BCUT2D eigenvalue weighted by atomic mass is 10.1. The van der Waals surface area contributed by atoms with Crippen molar-refractivity contribution in [3.8, 4) is 0 Å². The molecule has 0 N–H and O–H groups in total. The summed E-state index contributed by atoms with van der Waals surface area (Å²) in [6.45, 7) is 9.44. The number of amides is 2. The molecular formula is C21H27NO4. The van der Waals surface area contributed by atoms with E-state index in [1.54, 1.807) is 0 Å². The molecule has 0 aromatic heterocycles. The number of carbonyl (C=O) groups is 2. The van der Waals surface area contributed by atoms with Gasteiger partial charge in [-0.2, -0.15) is 0 Å². The Morgan fingerprint density at radius 3 is 2.08 bits per heavy atom. The minimum Gasteiger partial charge on any atom is -0.345 e. The van der Waals surface area contributed by atoms with Gasteiger partial charge in [-0.3, -0.25) is 14.5 Å². The van der Waals surface area contributed by atoms with Gasteiger partial charge in [-0.25, -0.2) is 0 Å². The number of imide groups is 1. The third-order valence-electron chi connectivity index (χ3n) is 4.65. The van der Waals surface area contributed by atoms with Gasteiger partial charge in [-0.05, 0) is 17.4 Å². The van der Waals surface area contributed by atoms with Gasteiger partial charge < -0.3 is 9.47 Å². The van der Waals surface area contributed by atoms with Crippen molar-refractivity contribution in [2.45, 2.75) is 45.9 Å². The fourth-order valence-corrected chi connectivity index (χ4v) is 3.48. The topological polar surface area (TPSA) is 55.8 Å². The minimum atomic E-state index is -0.932. The summed E-state index contributed by atoms with van der Waals surface area (Å²) >= 11 is 0. The molecule has 0 unspecified atom stereocenters. The molecule has 0 bridgehead atoms. The molecule has 3 rings (SSSR count). The van der Waals surface area contributed by atoms with Crippen LogP contribution < -0.4 is 0 Å². The average molecular weight is 357 g/mol. The molecule has 1 aromatic rings. The van der Waals surface area contributed by atoms with E-state index < -0.39 is 5.79 Å². The van der Waals surface area contributed by atoms with Crippen molar-refractivity contribution >= 4 is 11.8 Å². The second-order valence-corrected chi connectivity index (χ2v) is 7.85. The van der Waals surface area contributed by atoms with Crippen LogP contribution in [0.5, 0.6) is 0 Å². The Balaban J connectivity index is 1.99. The fourth-order valence-electron chi connectivity index (χ4n) is 3.48. The highest BCUT2D eigenvalue weighted by Crippen LogP contribution is 2.50. The number of carbonyl (C=O) groups excluding carboxylic acids is 2. The quantitative estimate of drug-likeness (QED) is 0.553. The lowest BCUT2D eigenvalue weighted by molar-refractivity contribution is -0.257. The molecule has 140 valence electrons. The zero-order chi connectivity index (χ0) is 18.9. The molecule has 1 heterocycles. The van der Waals surface area contributed by atoms with Crippen LogP contribution in [-0.4, -0.2) is 29.9 Å². The van der Waals surface area contributed by atoms with Crippen molar-refractivity contribution in [1.29, 1.82) is 0 Å².